The van der Waals surface area contributed by atoms with Gasteiger partial charge in [-0.2, -0.15) is 0 Å². The third-order valence-electron chi connectivity index (χ3n) is 10.7. The fraction of sp³-hybridized carbons (Fsp3) is 0. The molecule has 11 aromatic rings. The van der Waals surface area contributed by atoms with Crippen molar-refractivity contribution in [1.29, 1.82) is 0 Å². The van der Waals surface area contributed by atoms with E-state index in [1.807, 2.05) is 36.4 Å². The molecule has 0 unspecified atom stereocenters. The summed E-state index contributed by atoms with van der Waals surface area (Å²) >= 11 is 0. The van der Waals surface area contributed by atoms with E-state index >= 15 is 0 Å². The van der Waals surface area contributed by atoms with Crippen molar-refractivity contribution in [2.45, 2.75) is 0 Å². The maximum Gasteiger partial charge on any atom is 0.344 e. The van der Waals surface area contributed by atoms with E-state index in [1.54, 1.807) is 0 Å². The Labute approximate surface area is 303 Å². The van der Waals surface area contributed by atoms with Crippen LogP contribution in [0.1, 0.15) is 0 Å². The summed E-state index contributed by atoms with van der Waals surface area (Å²) in [5.74, 6) is 0. The van der Waals surface area contributed by atoms with Gasteiger partial charge in [0.25, 0.3) is 0 Å². The summed E-state index contributed by atoms with van der Waals surface area (Å²) in [5, 5.41) is 6.94. The lowest BCUT2D eigenvalue weighted by Crippen LogP contribution is -2.00. The maximum absolute atomic E-state index is 13.6. The maximum atomic E-state index is 13.6. The summed E-state index contributed by atoms with van der Waals surface area (Å²) in [5.41, 5.74) is 11.6. The Kier molecular flexibility index (Phi) is 6.37. The molecule has 4 nitrogen and oxygen atoms in total. The van der Waals surface area contributed by atoms with Crippen LogP contribution >= 0.6 is 0 Å². The first-order chi connectivity index (χ1) is 26.2. The first-order valence-electron chi connectivity index (χ1n) is 17.8. The van der Waals surface area contributed by atoms with Gasteiger partial charge in [0, 0.05) is 38.2 Å². The van der Waals surface area contributed by atoms with Crippen molar-refractivity contribution in [2.75, 3.05) is 0 Å². The highest BCUT2D eigenvalue weighted by Gasteiger charge is 2.16. The summed E-state index contributed by atoms with van der Waals surface area (Å²) in [6.45, 7) is 0. The second kappa shape index (κ2) is 11.4. The lowest BCUT2D eigenvalue weighted by molar-refractivity contribution is 0.570. The molecule has 3 aromatic heterocycles. The Hall–Kier alpha value is -7.17. The highest BCUT2D eigenvalue weighted by molar-refractivity contribution is 6.12. The third kappa shape index (κ3) is 4.59. The average molecular weight is 680 g/mol. The number of benzene rings is 8. The van der Waals surface area contributed by atoms with Gasteiger partial charge in [0.2, 0.25) is 0 Å². The number of aromatic nitrogens is 1. The smallest absolute Gasteiger partial charge is 0.344 e. The zero-order valence-corrected chi connectivity index (χ0v) is 28.4. The Morgan fingerprint density at radius 3 is 1.81 bits per heavy atom. The zero-order valence-electron chi connectivity index (χ0n) is 28.4. The molecule has 0 amide bonds. The van der Waals surface area contributed by atoms with E-state index in [9.17, 15) is 4.79 Å². The van der Waals surface area contributed by atoms with Crippen LogP contribution in [0.3, 0.4) is 0 Å². The first-order valence-corrected chi connectivity index (χ1v) is 17.8. The second-order valence-electron chi connectivity index (χ2n) is 13.6. The molecule has 0 bridgehead atoms. The van der Waals surface area contributed by atoms with Crippen LogP contribution in [0, 0.1) is 0 Å². The summed E-state index contributed by atoms with van der Waals surface area (Å²) in [4.78, 5) is 13.6. The Morgan fingerprint density at radius 1 is 0.358 bits per heavy atom. The quantitative estimate of drug-likeness (QED) is 0.137. The molecule has 0 spiro atoms. The molecule has 11 rings (SSSR count). The number of para-hydroxylation sites is 4. The van der Waals surface area contributed by atoms with Gasteiger partial charge in [-0.05, 0) is 87.8 Å². The van der Waals surface area contributed by atoms with Crippen LogP contribution in [0.5, 0.6) is 0 Å². The minimum absolute atomic E-state index is 0.345. The number of hydrogen-bond donors (Lipinski definition) is 0. The molecule has 0 aliphatic rings. The van der Waals surface area contributed by atoms with E-state index in [0.29, 0.717) is 11.0 Å². The Bertz CT molecular complexity index is 3290. The van der Waals surface area contributed by atoms with Crippen molar-refractivity contribution in [3.05, 3.63) is 186 Å². The van der Waals surface area contributed by atoms with Crippen molar-refractivity contribution in [2.24, 2.45) is 0 Å². The van der Waals surface area contributed by atoms with Crippen molar-refractivity contribution in [1.82, 2.24) is 4.57 Å². The molecule has 0 saturated heterocycles. The molecular formula is C49H29NO3. The van der Waals surface area contributed by atoms with Crippen molar-refractivity contribution >= 4 is 65.5 Å². The lowest BCUT2D eigenvalue weighted by Gasteiger charge is -2.10. The monoisotopic (exact) mass is 679 g/mol. The molecule has 0 aliphatic carbocycles. The van der Waals surface area contributed by atoms with E-state index in [4.69, 9.17) is 8.83 Å². The molecule has 0 N–H and O–H groups in total. The normalized spacial score (nSPS) is 11.8. The van der Waals surface area contributed by atoms with Crippen LogP contribution in [-0.2, 0) is 0 Å². The summed E-state index contributed by atoms with van der Waals surface area (Å²) in [7, 11) is 0. The van der Waals surface area contributed by atoms with Crippen LogP contribution in [0.2, 0.25) is 0 Å². The first kappa shape index (κ1) is 29.5. The number of furan rings is 1. The van der Waals surface area contributed by atoms with Crippen LogP contribution < -0.4 is 5.63 Å². The molecule has 53 heavy (non-hydrogen) atoms. The van der Waals surface area contributed by atoms with Crippen LogP contribution in [0.4, 0.5) is 0 Å². The van der Waals surface area contributed by atoms with Crippen LogP contribution in [-0.4, -0.2) is 4.57 Å². The van der Waals surface area contributed by atoms with E-state index in [0.717, 1.165) is 82.8 Å². The molecule has 0 radical (unpaired) electrons. The summed E-state index contributed by atoms with van der Waals surface area (Å²) in [6, 6.07) is 60.6. The predicted molar refractivity (Wildman–Crippen MR) is 218 cm³/mol. The van der Waals surface area contributed by atoms with E-state index in [-0.39, 0.29) is 5.63 Å². The van der Waals surface area contributed by atoms with Crippen LogP contribution in [0.25, 0.3) is 105 Å². The van der Waals surface area contributed by atoms with E-state index in [2.05, 4.69) is 144 Å². The van der Waals surface area contributed by atoms with Gasteiger partial charge in [-0.25, -0.2) is 4.79 Å². The van der Waals surface area contributed by atoms with Crippen molar-refractivity contribution in [3.8, 4) is 39.1 Å². The highest BCUT2D eigenvalue weighted by atomic mass is 16.4. The van der Waals surface area contributed by atoms with Gasteiger partial charge in [-0.15, -0.1) is 0 Å². The molecule has 8 aromatic carbocycles. The van der Waals surface area contributed by atoms with Gasteiger partial charge in [0.05, 0.1) is 16.4 Å². The second-order valence-corrected chi connectivity index (χ2v) is 13.6. The number of rotatable bonds is 4. The van der Waals surface area contributed by atoms with Gasteiger partial charge in [-0.1, -0.05) is 121 Å². The van der Waals surface area contributed by atoms with Gasteiger partial charge in [-0.3, -0.25) is 0 Å². The number of fused-ring (bicyclic) bond motifs is 9. The molecule has 3 heterocycles. The third-order valence-corrected chi connectivity index (χ3v) is 10.7. The number of hydrogen-bond acceptors (Lipinski definition) is 3. The van der Waals surface area contributed by atoms with Crippen molar-refractivity contribution in [3.63, 3.8) is 0 Å². The SMILES string of the molecule is O=c1oc2cc(-c3ccc(-c4cccc5c4oc4ccccc45)cc3)ccc2c2ccc(-c3ccc4c(c3)c3ccccc3n4-c3ccccc3)cc12. The molecular weight excluding hydrogens is 651 g/mol. The molecule has 4 heteroatoms. The standard InChI is InChI=1S/C49H29NO3/c51-49-43-28-32(33-23-26-45-42(27-33)38-11-4-6-15-44(38)50(45)35-9-2-1-3-10-35)21-24-37(43)40-25-22-34(29-47(40)53-49)30-17-19-31(20-18-30)36-13-8-14-41-39-12-5-7-16-46(39)52-48(36)41/h1-29H. The van der Waals surface area contributed by atoms with Crippen molar-refractivity contribution < 1.29 is 8.83 Å². The average Bonchev–Trinajstić information content (AvgIpc) is 3.77. The fourth-order valence-electron chi connectivity index (χ4n) is 8.12. The zero-order chi connectivity index (χ0) is 35.0. The van der Waals surface area contributed by atoms with E-state index in [1.165, 1.54) is 10.8 Å². The van der Waals surface area contributed by atoms with Gasteiger partial charge >= 0.3 is 5.63 Å². The van der Waals surface area contributed by atoms with Gasteiger partial charge in [0.1, 0.15) is 16.7 Å². The largest absolute Gasteiger partial charge is 0.455 e. The summed E-state index contributed by atoms with van der Waals surface area (Å²) < 4.78 is 14.6. The summed E-state index contributed by atoms with van der Waals surface area (Å²) in [6.07, 6.45) is 0. The van der Waals surface area contributed by atoms with Gasteiger partial charge < -0.3 is 13.4 Å². The van der Waals surface area contributed by atoms with Crippen LogP contribution in [0.15, 0.2) is 190 Å². The predicted octanol–water partition coefficient (Wildman–Crippen LogP) is 12.9. The highest BCUT2D eigenvalue weighted by Crippen LogP contribution is 2.38. The molecule has 248 valence electrons. The minimum atomic E-state index is -0.345. The topological polar surface area (TPSA) is 48.3 Å². The molecule has 0 fully saturated rings. The van der Waals surface area contributed by atoms with E-state index < -0.39 is 0 Å². The van der Waals surface area contributed by atoms with Gasteiger partial charge in [0.15, 0.2) is 0 Å². The molecule has 0 atom stereocenters. The number of nitrogens with zero attached hydrogens (tertiary/aromatic N) is 1. The minimum Gasteiger partial charge on any atom is -0.455 e. The fourth-order valence-corrected chi connectivity index (χ4v) is 8.12. The Balaban J connectivity index is 0.957. The molecule has 0 saturated carbocycles. The lowest BCUT2D eigenvalue weighted by atomic mass is 9.96. The Morgan fingerprint density at radius 2 is 0.962 bits per heavy atom. The molecule has 0 aliphatic heterocycles.